The van der Waals surface area contributed by atoms with Gasteiger partial charge in [-0.15, -0.1) is 0 Å². The van der Waals surface area contributed by atoms with E-state index < -0.39 is 0 Å². The van der Waals surface area contributed by atoms with Crippen molar-refractivity contribution in [3.05, 3.63) is 34.9 Å². The molecule has 1 unspecified atom stereocenters. The van der Waals surface area contributed by atoms with Crippen LogP contribution in [-0.4, -0.2) is 35.7 Å². The normalized spacial score (nSPS) is 17.4. The lowest BCUT2D eigenvalue weighted by atomic mass is 10.0. The standard InChI is InChI=1S/C16H19NO2S/c1-12-4-5-13(3-2-7-18)9-15(12)16(19)17-10-14-6-8-20-11-14/h4-5,9,14,18H,6-8,10-11H2,1H3,(H,17,19). The first-order chi connectivity index (χ1) is 9.70. The van der Waals surface area contributed by atoms with Gasteiger partial charge in [0.15, 0.2) is 0 Å². The first kappa shape index (κ1) is 15.0. The van der Waals surface area contributed by atoms with Crippen molar-refractivity contribution in [1.29, 1.82) is 0 Å². The molecule has 0 saturated carbocycles. The van der Waals surface area contributed by atoms with Crippen molar-refractivity contribution in [2.45, 2.75) is 13.3 Å². The predicted molar refractivity (Wildman–Crippen MR) is 82.9 cm³/mol. The average Bonchev–Trinajstić information content (AvgIpc) is 2.97. The van der Waals surface area contributed by atoms with Gasteiger partial charge in [0.2, 0.25) is 0 Å². The smallest absolute Gasteiger partial charge is 0.251 e. The molecule has 2 N–H and O–H groups in total. The number of aliphatic hydroxyl groups excluding tert-OH is 1. The number of aliphatic hydroxyl groups is 1. The van der Waals surface area contributed by atoms with Gasteiger partial charge in [-0.3, -0.25) is 4.79 Å². The van der Waals surface area contributed by atoms with Gasteiger partial charge in [-0.2, -0.15) is 11.8 Å². The Kier molecular flexibility index (Phi) is 5.51. The van der Waals surface area contributed by atoms with Gasteiger partial charge in [0.25, 0.3) is 5.91 Å². The molecule has 0 aliphatic carbocycles. The maximum atomic E-state index is 12.2. The third-order valence-corrected chi connectivity index (χ3v) is 4.60. The average molecular weight is 289 g/mol. The Morgan fingerprint density at radius 1 is 1.55 bits per heavy atom. The summed E-state index contributed by atoms with van der Waals surface area (Å²) in [6, 6.07) is 5.54. The van der Waals surface area contributed by atoms with E-state index in [1.54, 1.807) is 6.07 Å². The van der Waals surface area contributed by atoms with E-state index in [2.05, 4.69) is 17.2 Å². The van der Waals surface area contributed by atoms with E-state index in [-0.39, 0.29) is 12.5 Å². The van der Waals surface area contributed by atoms with Gasteiger partial charge in [-0.25, -0.2) is 0 Å². The van der Waals surface area contributed by atoms with Gasteiger partial charge in [0, 0.05) is 17.7 Å². The number of aryl methyl sites for hydroxylation is 1. The first-order valence-electron chi connectivity index (χ1n) is 6.77. The Balaban J connectivity index is 2.03. The van der Waals surface area contributed by atoms with Gasteiger partial charge in [0.1, 0.15) is 6.61 Å². The Hall–Kier alpha value is -1.44. The van der Waals surface area contributed by atoms with Crippen molar-refractivity contribution in [3.8, 4) is 11.8 Å². The van der Waals surface area contributed by atoms with E-state index in [4.69, 9.17) is 5.11 Å². The van der Waals surface area contributed by atoms with Gasteiger partial charge in [-0.05, 0) is 48.5 Å². The molecule has 0 aromatic heterocycles. The van der Waals surface area contributed by atoms with Crippen molar-refractivity contribution in [3.63, 3.8) is 0 Å². The first-order valence-corrected chi connectivity index (χ1v) is 7.92. The maximum absolute atomic E-state index is 12.2. The molecule has 1 aromatic rings. The second kappa shape index (κ2) is 7.37. The summed E-state index contributed by atoms with van der Waals surface area (Å²) in [5.41, 5.74) is 2.37. The number of nitrogens with one attached hydrogen (secondary N) is 1. The molecule has 1 fully saturated rings. The van der Waals surface area contributed by atoms with Crippen LogP contribution in [0, 0.1) is 24.7 Å². The molecule has 1 aliphatic rings. The van der Waals surface area contributed by atoms with Crippen LogP contribution in [0.15, 0.2) is 18.2 Å². The zero-order valence-electron chi connectivity index (χ0n) is 11.6. The van der Waals surface area contributed by atoms with Crippen molar-refractivity contribution in [2.75, 3.05) is 24.7 Å². The fraction of sp³-hybridized carbons (Fsp3) is 0.438. The molecule has 0 radical (unpaired) electrons. The summed E-state index contributed by atoms with van der Waals surface area (Å²) in [5, 5.41) is 11.7. The number of carbonyl (C=O) groups is 1. The lowest BCUT2D eigenvalue weighted by Gasteiger charge is -2.11. The number of thioether (sulfide) groups is 1. The third-order valence-electron chi connectivity index (χ3n) is 3.37. The van der Waals surface area contributed by atoms with Gasteiger partial charge < -0.3 is 10.4 Å². The van der Waals surface area contributed by atoms with E-state index in [0.717, 1.165) is 23.4 Å². The van der Waals surface area contributed by atoms with E-state index in [1.807, 2.05) is 30.8 Å². The van der Waals surface area contributed by atoms with Crippen LogP contribution in [0.5, 0.6) is 0 Å². The van der Waals surface area contributed by atoms with Crippen molar-refractivity contribution < 1.29 is 9.90 Å². The molecule has 2 rings (SSSR count). The SMILES string of the molecule is Cc1ccc(C#CCO)cc1C(=O)NCC1CCSC1. The number of hydrogen-bond acceptors (Lipinski definition) is 3. The highest BCUT2D eigenvalue weighted by molar-refractivity contribution is 7.99. The van der Waals surface area contributed by atoms with Gasteiger partial charge >= 0.3 is 0 Å². The summed E-state index contributed by atoms with van der Waals surface area (Å²) in [6.07, 6.45) is 1.19. The van der Waals surface area contributed by atoms with Crippen LogP contribution in [0.4, 0.5) is 0 Å². The van der Waals surface area contributed by atoms with E-state index in [9.17, 15) is 4.79 Å². The molecule has 4 heteroatoms. The second-order valence-electron chi connectivity index (χ2n) is 4.93. The van der Waals surface area contributed by atoms with Gasteiger partial charge in [0.05, 0.1) is 0 Å². The third kappa shape index (κ3) is 4.03. The van der Waals surface area contributed by atoms with Crippen LogP contribution < -0.4 is 5.32 Å². The fourth-order valence-electron chi connectivity index (χ4n) is 2.16. The summed E-state index contributed by atoms with van der Waals surface area (Å²) in [4.78, 5) is 12.2. The molecule has 3 nitrogen and oxygen atoms in total. The molecular weight excluding hydrogens is 270 g/mol. The highest BCUT2D eigenvalue weighted by atomic mass is 32.2. The number of amides is 1. The van der Waals surface area contributed by atoms with Crippen LogP contribution in [-0.2, 0) is 0 Å². The predicted octanol–water partition coefficient (Wildman–Crippen LogP) is 1.82. The van der Waals surface area contributed by atoms with Gasteiger partial charge in [-0.1, -0.05) is 17.9 Å². The molecule has 0 bridgehead atoms. The topological polar surface area (TPSA) is 49.3 Å². The highest BCUT2D eigenvalue weighted by Gasteiger charge is 2.17. The monoisotopic (exact) mass is 289 g/mol. The van der Waals surface area contributed by atoms with Crippen LogP contribution in [0.25, 0.3) is 0 Å². The maximum Gasteiger partial charge on any atom is 0.251 e. The number of rotatable bonds is 3. The zero-order valence-corrected chi connectivity index (χ0v) is 12.4. The summed E-state index contributed by atoms with van der Waals surface area (Å²) in [6.45, 7) is 2.50. The molecular formula is C16H19NO2S. The minimum atomic E-state index is -0.172. The van der Waals surface area contributed by atoms with E-state index >= 15 is 0 Å². The Morgan fingerprint density at radius 3 is 3.10 bits per heavy atom. The number of hydrogen-bond donors (Lipinski definition) is 2. The van der Waals surface area contributed by atoms with E-state index in [0.29, 0.717) is 11.5 Å². The summed E-state index contributed by atoms with van der Waals surface area (Å²) in [5.74, 6) is 8.33. The molecule has 1 atom stereocenters. The lowest BCUT2D eigenvalue weighted by molar-refractivity contribution is 0.0948. The molecule has 1 amide bonds. The molecule has 1 aliphatic heterocycles. The van der Waals surface area contributed by atoms with Crippen LogP contribution in [0.1, 0.15) is 27.9 Å². The Bertz CT molecular complexity index is 539. The van der Waals surface area contributed by atoms with Crippen molar-refractivity contribution >= 4 is 17.7 Å². The largest absolute Gasteiger partial charge is 0.384 e. The molecule has 1 saturated heterocycles. The Labute approximate surface area is 124 Å². The highest BCUT2D eigenvalue weighted by Crippen LogP contribution is 2.22. The van der Waals surface area contributed by atoms with Crippen molar-refractivity contribution in [1.82, 2.24) is 5.32 Å². The summed E-state index contributed by atoms with van der Waals surface area (Å²) >= 11 is 1.95. The quantitative estimate of drug-likeness (QED) is 0.835. The fourth-order valence-corrected chi connectivity index (χ4v) is 3.45. The summed E-state index contributed by atoms with van der Waals surface area (Å²) < 4.78 is 0. The molecule has 106 valence electrons. The minimum Gasteiger partial charge on any atom is -0.384 e. The van der Waals surface area contributed by atoms with Crippen molar-refractivity contribution in [2.24, 2.45) is 5.92 Å². The summed E-state index contributed by atoms with van der Waals surface area (Å²) in [7, 11) is 0. The lowest BCUT2D eigenvalue weighted by Crippen LogP contribution is -2.29. The molecule has 0 spiro atoms. The molecule has 1 aromatic carbocycles. The van der Waals surface area contributed by atoms with Crippen LogP contribution >= 0.6 is 11.8 Å². The Morgan fingerprint density at radius 2 is 2.40 bits per heavy atom. The molecule has 1 heterocycles. The minimum absolute atomic E-state index is 0.0351. The second-order valence-corrected chi connectivity index (χ2v) is 6.08. The van der Waals surface area contributed by atoms with Crippen LogP contribution in [0.3, 0.4) is 0 Å². The zero-order chi connectivity index (χ0) is 14.4. The number of benzene rings is 1. The van der Waals surface area contributed by atoms with Crippen LogP contribution in [0.2, 0.25) is 0 Å². The number of carbonyl (C=O) groups excluding carboxylic acids is 1. The van der Waals surface area contributed by atoms with E-state index in [1.165, 1.54) is 12.2 Å². The molecule has 20 heavy (non-hydrogen) atoms.